The summed E-state index contributed by atoms with van der Waals surface area (Å²) in [7, 11) is 0. The monoisotopic (exact) mass is 392 g/mol. The van der Waals surface area contributed by atoms with Crippen LogP contribution >= 0.6 is 11.8 Å². The summed E-state index contributed by atoms with van der Waals surface area (Å²) in [6, 6.07) is 21.0. The molecule has 0 aliphatic carbocycles. The lowest BCUT2D eigenvalue weighted by Gasteiger charge is -2.36. The van der Waals surface area contributed by atoms with Gasteiger partial charge in [0, 0.05) is 24.2 Å². The van der Waals surface area contributed by atoms with Crippen molar-refractivity contribution in [2.45, 2.75) is 17.5 Å². The Labute approximate surface area is 170 Å². The minimum atomic E-state index is 0.162. The minimum Gasteiger partial charge on any atom is -0.377 e. The molecule has 28 heavy (non-hydrogen) atoms. The second-order valence-corrected chi connectivity index (χ2v) is 7.45. The Morgan fingerprint density at radius 2 is 1.93 bits per heavy atom. The maximum absolute atomic E-state index is 5.75. The van der Waals surface area contributed by atoms with E-state index < -0.39 is 0 Å². The number of thioether (sulfide) groups is 1. The lowest BCUT2D eigenvalue weighted by Crippen LogP contribution is -2.40. The van der Waals surface area contributed by atoms with Crippen LogP contribution in [0.15, 0.2) is 71.8 Å². The van der Waals surface area contributed by atoms with Crippen molar-refractivity contribution in [1.29, 1.82) is 0 Å². The Kier molecular flexibility index (Phi) is 6.09. The normalized spacial score (nSPS) is 16.8. The van der Waals surface area contributed by atoms with Gasteiger partial charge in [0.1, 0.15) is 5.82 Å². The zero-order chi connectivity index (χ0) is 19.2. The van der Waals surface area contributed by atoms with Crippen molar-refractivity contribution in [1.82, 2.24) is 9.97 Å². The van der Waals surface area contributed by atoms with Crippen LogP contribution in [0.4, 0.5) is 11.8 Å². The second-order valence-electron chi connectivity index (χ2n) is 6.60. The highest BCUT2D eigenvalue weighted by Crippen LogP contribution is 2.29. The van der Waals surface area contributed by atoms with Gasteiger partial charge in [0.15, 0.2) is 0 Å². The van der Waals surface area contributed by atoms with E-state index in [0.717, 1.165) is 12.4 Å². The van der Waals surface area contributed by atoms with Crippen LogP contribution in [0.1, 0.15) is 17.2 Å². The molecule has 0 radical (unpaired) electrons. The molecule has 1 N–H and O–H groups in total. The average molecular weight is 393 g/mol. The summed E-state index contributed by atoms with van der Waals surface area (Å²) >= 11 is 1.75. The lowest BCUT2D eigenvalue weighted by molar-refractivity contribution is 0.0937. The standard InChI is InChI=1S/C22H24N4OS/c1-28-20-10-6-5-9-18(20)15-24-22-23-12-11-21(25-22)26-13-14-27-16-19(26)17-7-3-2-4-8-17/h2-12,19H,13-16H2,1H3,(H,23,24,25). The molecule has 1 unspecified atom stereocenters. The van der Waals surface area contributed by atoms with Crippen LogP contribution in [0.25, 0.3) is 0 Å². The Morgan fingerprint density at radius 1 is 1.11 bits per heavy atom. The molecule has 1 aliphatic rings. The number of morpholine rings is 1. The maximum Gasteiger partial charge on any atom is 0.224 e. The van der Waals surface area contributed by atoms with Crippen molar-refractivity contribution in [2.24, 2.45) is 0 Å². The first-order valence-electron chi connectivity index (χ1n) is 9.43. The minimum absolute atomic E-state index is 0.162. The Morgan fingerprint density at radius 3 is 2.79 bits per heavy atom. The summed E-state index contributed by atoms with van der Waals surface area (Å²) in [4.78, 5) is 12.8. The SMILES string of the molecule is CSc1ccccc1CNc1nccc(N2CCOCC2c2ccccc2)n1. The van der Waals surface area contributed by atoms with Gasteiger partial charge in [-0.25, -0.2) is 4.98 Å². The van der Waals surface area contributed by atoms with E-state index in [2.05, 4.69) is 70.0 Å². The average Bonchev–Trinajstić information content (AvgIpc) is 2.78. The van der Waals surface area contributed by atoms with Crippen molar-refractivity contribution in [3.05, 3.63) is 78.0 Å². The van der Waals surface area contributed by atoms with Crippen molar-refractivity contribution in [2.75, 3.05) is 36.2 Å². The van der Waals surface area contributed by atoms with Crippen molar-refractivity contribution < 1.29 is 4.74 Å². The Bertz CT molecular complexity index is 906. The maximum atomic E-state index is 5.75. The Hall–Kier alpha value is -2.57. The lowest BCUT2D eigenvalue weighted by atomic mass is 10.1. The topological polar surface area (TPSA) is 50.3 Å². The molecule has 0 bridgehead atoms. The van der Waals surface area contributed by atoms with Gasteiger partial charge in [-0.3, -0.25) is 0 Å². The number of nitrogens with zero attached hydrogens (tertiary/aromatic N) is 3. The third-order valence-corrected chi connectivity index (χ3v) is 5.72. The molecule has 1 fully saturated rings. The van der Waals surface area contributed by atoms with Crippen LogP contribution in [0.5, 0.6) is 0 Å². The zero-order valence-corrected chi connectivity index (χ0v) is 16.7. The first kappa shape index (κ1) is 18.8. The smallest absolute Gasteiger partial charge is 0.224 e. The van der Waals surface area contributed by atoms with Gasteiger partial charge in [0.25, 0.3) is 0 Å². The van der Waals surface area contributed by atoms with Crippen LogP contribution < -0.4 is 10.2 Å². The fourth-order valence-corrected chi connectivity index (χ4v) is 4.06. The van der Waals surface area contributed by atoms with Gasteiger partial charge in [-0.1, -0.05) is 48.5 Å². The molecule has 5 nitrogen and oxygen atoms in total. The highest BCUT2D eigenvalue weighted by atomic mass is 32.2. The van der Waals surface area contributed by atoms with E-state index in [4.69, 9.17) is 9.72 Å². The molecular formula is C22H24N4OS. The summed E-state index contributed by atoms with van der Waals surface area (Å²) in [5, 5.41) is 3.38. The highest BCUT2D eigenvalue weighted by Gasteiger charge is 2.25. The molecule has 1 saturated heterocycles. The van der Waals surface area contributed by atoms with Crippen LogP contribution in [0, 0.1) is 0 Å². The molecule has 1 atom stereocenters. The van der Waals surface area contributed by atoms with Gasteiger partial charge in [-0.15, -0.1) is 11.8 Å². The van der Waals surface area contributed by atoms with E-state index in [9.17, 15) is 0 Å². The summed E-state index contributed by atoms with van der Waals surface area (Å²) < 4.78 is 5.75. The van der Waals surface area contributed by atoms with Gasteiger partial charge in [0.05, 0.1) is 19.3 Å². The van der Waals surface area contributed by atoms with Crippen molar-refractivity contribution in [3.8, 4) is 0 Å². The summed E-state index contributed by atoms with van der Waals surface area (Å²) in [5.74, 6) is 1.57. The van der Waals surface area contributed by atoms with E-state index in [-0.39, 0.29) is 6.04 Å². The molecule has 0 spiro atoms. The third kappa shape index (κ3) is 4.29. The molecule has 4 rings (SSSR count). The molecule has 6 heteroatoms. The second kappa shape index (κ2) is 9.08. The summed E-state index contributed by atoms with van der Waals surface area (Å²) in [6.45, 7) is 2.88. The fourth-order valence-electron chi connectivity index (χ4n) is 3.45. The van der Waals surface area contributed by atoms with Gasteiger partial charge in [-0.05, 0) is 29.5 Å². The predicted octanol–water partition coefficient (Wildman–Crippen LogP) is 4.39. The fraction of sp³-hybridized carbons (Fsp3) is 0.273. The van der Waals surface area contributed by atoms with Crippen LogP contribution in [0.3, 0.4) is 0 Å². The molecule has 144 valence electrons. The van der Waals surface area contributed by atoms with Gasteiger partial charge in [-0.2, -0.15) is 4.98 Å². The van der Waals surface area contributed by atoms with Crippen LogP contribution in [-0.2, 0) is 11.3 Å². The quantitative estimate of drug-likeness (QED) is 0.628. The van der Waals surface area contributed by atoms with Crippen molar-refractivity contribution >= 4 is 23.5 Å². The zero-order valence-electron chi connectivity index (χ0n) is 15.9. The van der Waals surface area contributed by atoms with Gasteiger partial charge < -0.3 is 15.0 Å². The molecule has 0 amide bonds. The number of benzene rings is 2. The number of ether oxygens (including phenoxy) is 1. The van der Waals surface area contributed by atoms with E-state index in [1.807, 2.05) is 18.3 Å². The van der Waals surface area contributed by atoms with E-state index >= 15 is 0 Å². The molecule has 1 aromatic heterocycles. The first-order valence-corrected chi connectivity index (χ1v) is 10.7. The number of anilines is 2. The summed E-state index contributed by atoms with van der Waals surface area (Å²) in [5.41, 5.74) is 2.49. The molecule has 2 heterocycles. The predicted molar refractivity (Wildman–Crippen MR) is 115 cm³/mol. The number of hydrogen-bond donors (Lipinski definition) is 1. The first-order chi connectivity index (χ1) is 13.8. The van der Waals surface area contributed by atoms with Crippen LogP contribution in [-0.4, -0.2) is 36.0 Å². The molecule has 3 aromatic rings. The Balaban J connectivity index is 1.52. The molecule has 2 aromatic carbocycles. The van der Waals surface area contributed by atoms with Crippen molar-refractivity contribution in [3.63, 3.8) is 0 Å². The van der Waals surface area contributed by atoms with E-state index in [1.54, 1.807) is 11.8 Å². The van der Waals surface area contributed by atoms with Crippen LogP contribution in [0.2, 0.25) is 0 Å². The largest absolute Gasteiger partial charge is 0.377 e. The van der Waals surface area contributed by atoms with Gasteiger partial charge in [0.2, 0.25) is 5.95 Å². The van der Waals surface area contributed by atoms with E-state index in [1.165, 1.54) is 16.0 Å². The summed E-state index contributed by atoms with van der Waals surface area (Å²) in [6.07, 6.45) is 3.92. The number of nitrogens with one attached hydrogen (secondary N) is 1. The third-order valence-electron chi connectivity index (χ3n) is 4.88. The number of rotatable bonds is 6. The number of hydrogen-bond acceptors (Lipinski definition) is 6. The molecule has 0 saturated carbocycles. The molecule has 1 aliphatic heterocycles. The van der Waals surface area contributed by atoms with E-state index in [0.29, 0.717) is 25.7 Å². The molecular weight excluding hydrogens is 368 g/mol. The van der Waals surface area contributed by atoms with Gasteiger partial charge >= 0.3 is 0 Å². The highest BCUT2D eigenvalue weighted by molar-refractivity contribution is 7.98. The number of aromatic nitrogens is 2.